The molecule has 36 nitrogen and oxygen atoms in total. The maximum absolute atomic E-state index is 11.8. The Hall–Kier alpha value is -14.3. The number of isocyanates is 2. The number of nitrogens with one attached hydrogen (secondary N) is 6. The number of unbranched alkanes of at least 4 members (excludes halogenated alkanes) is 12. The highest BCUT2D eigenvalue weighted by molar-refractivity contribution is 6.67. The number of carbonyl (C=O) groups is 14. The van der Waals surface area contributed by atoms with E-state index >= 15 is 0 Å². The fraction of sp³-hybridized carbons (Fsp3) is 0.444. The van der Waals surface area contributed by atoms with Crippen molar-refractivity contribution in [2.24, 2.45) is 15.7 Å². The number of benzene rings is 4. The molecular formula is C108H159Cl2N9O27. The zero-order valence-corrected chi connectivity index (χ0v) is 87.4. The topological polar surface area (TPSA) is 575 Å². The molecule has 0 aliphatic rings. The molecule has 812 valence electrons. The van der Waals surface area contributed by atoms with E-state index in [0.29, 0.717) is 149 Å². The second-order valence-corrected chi connectivity index (χ2v) is 32.2. The number of aliphatic carboxylic acids is 3. The molecule has 4 aromatic rings. The molecule has 38 heteroatoms. The number of hydrogen-bond acceptors (Lipinski definition) is 27. The fourth-order valence-electron chi connectivity index (χ4n) is 9.72. The Bertz CT molecular complexity index is 4360. The Morgan fingerprint density at radius 3 is 0.822 bits per heavy atom. The summed E-state index contributed by atoms with van der Waals surface area (Å²) < 4.78 is 19.8. The van der Waals surface area contributed by atoms with Crippen LogP contribution in [0.25, 0.3) is 0 Å². The number of phenolic OH excluding ortho intramolecular Hbond substituents is 3. The van der Waals surface area contributed by atoms with Crippen molar-refractivity contribution in [3.05, 3.63) is 243 Å². The second kappa shape index (κ2) is 104. The van der Waals surface area contributed by atoms with E-state index in [1.54, 1.807) is 139 Å². The van der Waals surface area contributed by atoms with Crippen LogP contribution in [0.2, 0.25) is 0 Å². The van der Waals surface area contributed by atoms with E-state index in [1.807, 2.05) is 12.1 Å². The summed E-state index contributed by atoms with van der Waals surface area (Å²) in [6.07, 6.45) is 28.2. The highest BCUT2D eigenvalue weighted by Gasteiger charge is 2.11. The lowest BCUT2D eigenvalue weighted by Crippen LogP contribution is -2.28. The third-order valence-corrected chi connectivity index (χ3v) is 18.2. The number of nitrogens with two attached hydrogens (primary N) is 1. The first kappa shape index (κ1) is 145. The van der Waals surface area contributed by atoms with E-state index in [0.717, 1.165) is 131 Å². The number of aromatic hydroxyl groups is 3. The SMILES string of the molecule is C=C(C)C(=O)Cl.C=C(C)C(=O)NCCCCCC(=O)Cl.C=C(C)C(=O)NCCCCCC(=O)O.C=C(C)C(=O)NCCCCCN=C=O.C=C(C)C(=O)NCCCCCN=C=O.C=CCO.C=CCOC(=O)CCc1ccc(O)cc1.C=CCOC(=O)CCc1ccc(O)cc1.C=CCOC(=O)CCc1ccc(OC(=O)NCCCCCNC(=O)C(=C)C)cc1.NCCCCCC(=O)O.O=C(O)CCc1ccc(O)cc1.[2HH]. The molecule has 6 amide bonds. The molecule has 15 N–H and O–H groups in total. The Balaban J connectivity index is -0.000000247. The maximum Gasteiger partial charge on any atom is 0.412 e. The number of halogens is 2. The van der Waals surface area contributed by atoms with Gasteiger partial charge in [-0.15, -0.1) is 6.58 Å². The minimum Gasteiger partial charge on any atom is -0.508 e. The molecule has 0 saturated heterocycles. The molecule has 4 rings (SSSR count). The summed E-state index contributed by atoms with van der Waals surface area (Å²) in [6, 6.07) is 27.1. The normalized spacial score (nSPS) is 9.36. The molecule has 0 heterocycles. The number of nitrogens with zero attached hydrogens (tertiary/aromatic N) is 2. The summed E-state index contributed by atoms with van der Waals surface area (Å²) in [5.41, 5.74) is 12.0. The lowest BCUT2D eigenvalue weighted by atomic mass is 10.1. The van der Waals surface area contributed by atoms with E-state index in [4.69, 9.17) is 83.6 Å². The van der Waals surface area contributed by atoms with Crippen molar-refractivity contribution in [1.29, 1.82) is 0 Å². The second-order valence-electron chi connectivity index (χ2n) is 31.5. The van der Waals surface area contributed by atoms with Crippen LogP contribution in [0.4, 0.5) is 4.79 Å². The molecule has 0 saturated carbocycles. The number of carboxylic acids is 3. The van der Waals surface area contributed by atoms with Crippen LogP contribution in [0.1, 0.15) is 226 Å². The minimum atomic E-state index is -0.803. The van der Waals surface area contributed by atoms with E-state index in [2.05, 4.69) is 108 Å². The highest BCUT2D eigenvalue weighted by atomic mass is 35.5. The average Bonchev–Trinajstić information content (AvgIpc) is 0.885. The van der Waals surface area contributed by atoms with Gasteiger partial charge in [-0.25, -0.2) is 24.4 Å². The molecule has 4 aromatic carbocycles. The third-order valence-electron chi connectivity index (χ3n) is 17.7. The highest BCUT2D eigenvalue weighted by Crippen LogP contribution is 2.17. The van der Waals surface area contributed by atoms with E-state index in [9.17, 15) is 76.7 Å². The number of aliphatic hydroxyl groups excluding tert-OH is 1. The summed E-state index contributed by atoms with van der Waals surface area (Å²) in [7, 11) is 0. The van der Waals surface area contributed by atoms with Crippen molar-refractivity contribution in [2.75, 3.05) is 85.3 Å². The van der Waals surface area contributed by atoms with Gasteiger partial charge in [0.15, 0.2) is 0 Å². The third kappa shape index (κ3) is 112. The number of carboxylic acid groups (broad SMARTS) is 3. The van der Waals surface area contributed by atoms with Gasteiger partial charge in [-0.3, -0.25) is 62.3 Å². The number of allylic oxidation sites excluding steroid dienone is 1. The molecule has 0 fully saturated rings. The summed E-state index contributed by atoms with van der Waals surface area (Å²) in [5, 5.41) is 75.2. The zero-order chi connectivity index (χ0) is 112. The van der Waals surface area contributed by atoms with Crippen LogP contribution in [0.3, 0.4) is 0 Å². The first-order valence-electron chi connectivity index (χ1n) is 47.4. The van der Waals surface area contributed by atoms with Crippen LogP contribution in [0.5, 0.6) is 23.0 Å². The van der Waals surface area contributed by atoms with Gasteiger partial charge in [0, 0.05) is 119 Å². The van der Waals surface area contributed by atoms with Crippen LogP contribution in [0, 0.1) is 0 Å². The van der Waals surface area contributed by atoms with Crippen LogP contribution in [-0.4, -0.2) is 215 Å². The number of aryl methyl sites for hydroxylation is 4. The molecule has 0 bridgehead atoms. The predicted octanol–water partition coefficient (Wildman–Crippen LogP) is 16.8. The van der Waals surface area contributed by atoms with Crippen molar-refractivity contribution in [3.8, 4) is 23.0 Å². The number of aliphatic hydroxyl groups is 1. The molecule has 146 heavy (non-hydrogen) atoms. The summed E-state index contributed by atoms with van der Waals surface area (Å²) in [4.78, 5) is 177. The van der Waals surface area contributed by atoms with Gasteiger partial charge in [0.25, 0.3) is 0 Å². The first-order chi connectivity index (χ1) is 69.3. The zero-order valence-electron chi connectivity index (χ0n) is 85.8. The molecule has 0 unspecified atom stereocenters. The average molecular weight is 2090 g/mol. The van der Waals surface area contributed by atoms with Crippen molar-refractivity contribution in [3.63, 3.8) is 0 Å². The number of aliphatic imine (C=N–C) groups is 2. The number of amides is 6. The smallest absolute Gasteiger partial charge is 0.412 e. The number of hydrogen-bond donors (Lipinski definition) is 14. The van der Waals surface area contributed by atoms with Crippen LogP contribution >= 0.6 is 23.2 Å². The monoisotopic (exact) mass is 2090 g/mol. The van der Waals surface area contributed by atoms with Crippen LogP contribution in [-0.2, 0) is 112 Å². The van der Waals surface area contributed by atoms with Crippen LogP contribution < -0.4 is 42.4 Å². The van der Waals surface area contributed by atoms with Crippen molar-refractivity contribution >= 4 is 117 Å². The van der Waals surface area contributed by atoms with E-state index < -0.39 is 29.2 Å². The molecule has 0 aromatic heterocycles. The summed E-state index contributed by atoms with van der Waals surface area (Å²) in [5.74, 6) is -2.52. The standard InChI is InChI=1S/C22H30N2O5.2C12H14O3.C10H16ClNO2.2C10H16N2O2.C10H17NO3.C9H10O3.C6H13NO2.C4H5ClO.C3H6O.H2/c1-4-16-28-20(25)13-10-18-8-11-19(12-9-18)29-22(27)24-15-7-5-6-14-23-21(26)17(2)3;2*1-2-9-15-12(14)8-5-10-3-6-11(13)7-4-10;1-8(2)10(14)12-7-5-3-4-6-9(11)13;2*1-9(2)10(14)12-7-5-3-4-6-11-8-13;1-8(2)10(14)11-7-5-3-4-6-9(12)13;10-8-4-1-7(2-5-8)3-6-9(11)12;7-5-3-1-2-4-6(8)9;1-3(2)4(5)6;1-2-3-4;/h4,8-9,11-12H,1-2,5-7,10,13-16H2,3H3,(H,23,26)(H,24,27);2*2-4,6-7,13H,1,5,8-9H2;3*1,3-7H2,2H3,(H,12,14);1,3-7H2,2H3,(H,11,14)(H,12,13);1-2,4-5,10H,3,6H2,(H,11,12);1-5,7H2,(H,8,9);1H2,2H3;2,4H,1,3H2;1H/i;;;;;;;;;;;1+1. The Labute approximate surface area is 872 Å². The first-order valence-corrected chi connectivity index (χ1v) is 48.1. The van der Waals surface area contributed by atoms with Gasteiger partial charge < -0.3 is 92.3 Å². The van der Waals surface area contributed by atoms with Gasteiger partial charge in [-0.1, -0.05) is 151 Å². The number of carbonyl (C=O) groups excluding carboxylic acids is 13. The Morgan fingerprint density at radius 2 is 0.589 bits per heavy atom. The number of rotatable bonds is 61. The number of ether oxygens (including phenoxy) is 4. The maximum atomic E-state index is 11.8. The lowest BCUT2D eigenvalue weighted by molar-refractivity contribution is -0.143. The van der Waals surface area contributed by atoms with Gasteiger partial charge in [-0.05, 0) is 264 Å². The van der Waals surface area contributed by atoms with E-state index in [1.165, 1.54) is 24.3 Å². The number of esters is 3. The predicted molar refractivity (Wildman–Crippen MR) is 571 cm³/mol. The minimum absolute atomic E-state index is 0. The fourth-order valence-corrected chi connectivity index (χ4v) is 9.85. The Morgan fingerprint density at radius 1 is 0.349 bits per heavy atom. The molecule has 0 radical (unpaired) electrons. The summed E-state index contributed by atoms with van der Waals surface area (Å²) >= 11 is 10.0. The molecule has 0 aliphatic heterocycles. The van der Waals surface area contributed by atoms with Gasteiger partial charge >= 0.3 is 41.9 Å². The van der Waals surface area contributed by atoms with Gasteiger partial charge in [0.1, 0.15) is 42.8 Å². The molecule has 0 atom stereocenters. The van der Waals surface area contributed by atoms with Crippen LogP contribution in [0.15, 0.2) is 231 Å². The van der Waals surface area contributed by atoms with Crippen molar-refractivity contribution in [1.82, 2.24) is 31.9 Å². The van der Waals surface area contributed by atoms with Gasteiger partial charge in [0.2, 0.25) is 52.2 Å². The van der Waals surface area contributed by atoms with Gasteiger partial charge in [-0.2, -0.15) is 0 Å². The lowest BCUT2D eigenvalue weighted by Gasteiger charge is -2.08. The number of phenols is 3. The largest absolute Gasteiger partial charge is 0.508 e. The molecular weight excluding hydrogens is 1930 g/mol. The molecule has 0 spiro atoms. The van der Waals surface area contributed by atoms with Crippen molar-refractivity contribution in [2.45, 2.75) is 228 Å². The Kier molecular flexibility index (Phi) is 103. The summed E-state index contributed by atoms with van der Waals surface area (Å²) in [6.45, 7) is 50.6. The van der Waals surface area contributed by atoms with Crippen molar-refractivity contribution < 1.29 is 133 Å². The quantitative estimate of drug-likeness (QED) is 0.00285. The van der Waals surface area contributed by atoms with E-state index in [-0.39, 0.29) is 123 Å². The van der Waals surface area contributed by atoms with Gasteiger partial charge in [0.05, 0.1) is 19.7 Å². The molecule has 0 aliphatic carbocycles.